The van der Waals surface area contributed by atoms with Gasteiger partial charge in [-0.3, -0.25) is 0 Å². The molecule has 1 aromatic rings. The van der Waals surface area contributed by atoms with Crippen LogP contribution in [0.25, 0.3) is 0 Å². The molecule has 0 aliphatic heterocycles. The molecule has 1 heterocycles. The zero-order valence-corrected chi connectivity index (χ0v) is 9.10. The fourth-order valence-electron chi connectivity index (χ4n) is 1.01. The quantitative estimate of drug-likeness (QED) is 0.571. The number of halogens is 3. The molecular weight excluding hydrogens is 224 g/mol. The van der Waals surface area contributed by atoms with Crippen molar-refractivity contribution >= 4 is 11.6 Å². The number of aromatic nitrogens is 1. The monoisotopic (exact) mass is 235 g/mol. The van der Waals surface area contributed by atoms with Gasteiger partial charge in [-0.05, 0) is 12.5 Å². The van der Waals surface area contributed by atoms with Crippen LogP contribution in [0.4, 0.5) is 8.78 Å². The molecule has 0 atom stereocenters. The summed E-state index contributed by atoms with van der Waals surface area (Å²) < 4.78 is 29.9. The van der Waals surface area contributed by atoms with E-state index >= 15 is 0 Å². The number of hydrogen-bond donors (Lipinski definition) is 0. The van der Waals surface area contributed by atoms with Gasteiger partial charge in [0.25, 0.3) is 6.43 Å². The number of unbranched alkanes of at least 4 members (excludes halogenated alkanes) is 1. The predicted molar refractivity (Wildman–Crippen MR) is 54.6 cm³/mol. The first-order valence-corrected chi connectivity index (χ1v) is 5.09. The van der Waals surface area contributed by atoms with Crippen molar-refractivity contribution in [3.8, 4) is 5.88 Å². The number of alkyl halides is 2. The van der Waals surface area contributed by atoms with Crippen molar-refractivity contribution in [1.82, 2.24) is 4.98 Å². The third-order valence-corrected chi connectivity index (χ3v) is 1.99. The minimum atomic E-state index is -2.56. The molecule has 84 valence electrons. The highest BCUT2D eigenvalue weighted by Gasteiger charge is 2.10. The largest absolute Gasteiger partial charge is 0.478 e. The SMILES string of the molecule is CCCCOc1cc(C(F)F)cc(Cl)n1. The average Bonchev–Trinajstić information content (AvgIpc) is 2.17. The topological polar surface area (TPSA) is 22.1 Å². The summed E-state index contributed by atoms with van der Waals surface area (Å²) in [5.74, 6) is 0.159. The normalized spacial score (nSPS) is 10.7. The Morgan fingerprint density at radius 3 is 2.80 bits per heavy atom. The van der Waals surface area contributed by atoms with Crippen LogP contribution in [0.5, 0.6) is 5.88 Å². The van der Waals surface area contributed by atoms with Gasteiger partial charge in [0.15, 0.2) is 0 Å². The molecule has 0 radical (unpaired) electrons. The van der Waals surface area contributed by atoms with E-state index in [0.29, 0.717) is 6.61 Å². The molecule has 0 aliphatic rings. The minimum absolute atomic E-state index is 0.0271. The molecule has 0 bridgehead atoms. The van der Waals surface area contributed by atoms with E-state index in [0.717, 1.165) is 18.9 Å². The molecule has 1 rings (SSSR count). The summed E-state index contributed by atoms with van der Waals surface area (Å²) in [7, 11) is 0. The van der Waals surface area contributed by atoms with Crippen molar-refractivity contribution in [1.29, 1.82) is 0 Å². The number of pyridine rings is 1. The Bertz CT molecular complexity index is 320. The first-order valence-electron chi connectivity index (χ1n) is 4.72. The summed E-state index contributed by atoms with van der Waals surface area (Å²) in [6.45, 7) is 2.48. The van der Waals surface area contributed by atoms with E-state index in [1.165, 1.54) is 6.07 Å². The molecule has 0 saturated carbocycles. The van der Waals surface area contributed by atoms with Gasteiger partial charge in [-0.15, -0.1) is 0 Å². The molecule has 0 fully saturated rings. The molecule has 0 aromatic carbocycles. The van der Waals surface area contributed by atoms with Gasteiger partial charge in [-0.25, -0.2) is 13.8 Å². The van der Waals surface area contributed by atoms with Gasteiger partial charge in [0.2, 0.25) is 5.88 Å². The molecular formula is C10H12ClF2NO. The van der Waals surface area contributed by atoms with Crippen LogP contribution in [-0.4, -0.2) is 11.6 Å². The van der Waals surface area contributed by atoms with Crippen molar-refractivity contribution in [2.45, 2.75) is 26.2 Å². The smallest absolute Gasteiger partial charge is 0.264 e. The van der Waals surface area contributed by atoms with Crippen molar-refractivity contribution in [2.75, 3.05) is 6.61 Å². The van der Waals surface area contributed by atoms with Crippen LogP contribution in [0.15, 0.2) is 12.1 Å². The summed E-state index contributed by atoms with van der Waals surface area (Å²) in [5.41, 5.74) is -0.165. The predicted octanol–water partition coefficient (Wildman–Crippen LogP) is 3.85. The molecule has 1 aromatic heterocycles. The molecule has 0 N–H and O–H groups in total. The molecule has 0 amide bonds. The van der Waals surface area contributed by atoms with Gasteiger partial charge in [0, 0.05) is 11.6 Å². The van der Waals surface area contributed by atoms with Crippen molar-refractivity contribution in [2.24, 2.45) is 0 Å². The zero-order valence-electron chi connectivity index (χ0n) is 8.34. The Hall–Kier alpha value is -0.900. The highest BCUT2D eigenvalue weighted by atomic mass is 35.5. The summed E-state index contributed by atoms with van der Waals surface area (Å²) in [4.78, 5) is 3.80. The van der Waals surface area contributed by atoms with Crippen LogP contribution < -0.4 is 4.74 Å². The van der Waals surface area contributed by atoms with Crippen molar-refractivity contribution in [3.63, 3.8) is 0 Å². The van der Waals surface area contributed by atoms with Gasteiger partial charge < -0.3 is 4.74 Å². The lowest BCUT2D eigenvalue weighted by molar-refractivity contribution is 0.150. The first kappa shape index (κ1) is 12.2. The lowest BCUT2D eigenvalue weighted by atomic mass is 10.3. The van der Waals surface area contributed by atoms with E-state index in [1.807, 2.05) is 6.92 Å². The van der Waals surface area contributed by atoms with Crippen molar-refractivity contribution in [3.05, 3.63) is 22.8 Å². The molecule has 0 spiro atoms. The number of rotatable bonds is 5. The fraction of sp³-hybridized carbons (Fsp3) is 0.500. The second kappa shape index (κ2) is 5.85. The summed E-state index contributed by atoms with van der Waals surface area (Å²) in [6, 6.07) is 2.35. The maximum absolute atomic E-state index is 12.4. The second-order valence-corrected chi connectivity index (χ2v) is 3.45. The summed E-state index contributed by atoms with van der Waals surface area (Å²) in [5, 5.41) is 0.0271. The highest BCUT2D eigenvalue weighted by Crippen LogP contribution is 2.24. The molecule has 5 heteroatoms. The van der Waals surface area contributed by atoms with E-state index in [-0.39, 0.29) is 16.6 Å². The van der Waals surface area contributed by atoms with E-state index in [2.05, 4.69) is 4.98 Å². The average molecular weight is 236 g/mol. The molecule has 0 aliphatic carbocycles. The van der Waals surface area contributed by atoms with Gasteiger partial charge in [0.05, 0.1) is 6.61 Å². The van der Waals surface area contributed by atoms with Gasteiger partial charge >= 0.3 is 0 Å². The van der Waals surface area contributed by atoms with Gasteiger partial charge in [-0.1, -0.05) is 24.9 Å². The van der Waals surface area contributed by atoms with Gasteiger partial charge in [0.1, 0.15) is 5.15 Å². The van der Waals surface area contributed by atoms with Crippen LogP contribution in [0.2, 0.25) is 5.15 Å². The van der Waals surface area contributed by atoms with E-state index in [9.17, 15) is 8.78 Å². The van der Waals surface area contributed by atoms with E-state index < -0.39 is 6.43 Å². The fourth-order valence-corrected chi connectivity index (χ4v) is 1.22. The zero-order chi connectivity index (χ0) is 11.3. The van der Waals surface area contributed by atoms with Crippen LogP contribution in [0.1, 0.15) is 31.8 Å². The highest BCUT2D eigenvalue weighted by molar-refractivity contribution is 6.29. The van der Waals surface area contributed by atoms with Gasteiger partial charge in [-0.2, -0.15) is 0 Å². The molecule has 0 saturated heterocycles. The third kappa shape index (κ3) is 4.00. The number of nitrogens with zero attached hydrogens (tertiary/aromatic N) is 1. The van der Waals surface area contributed by atoms with Crippen LogP contribution in [-0.2, 0) is 0 Å². The minimum Gasteiger partial charge on any atom is -0.478 e. The molecule has 15 heavy (non-hydrogen) atoms. The lowest BCUT2D eigenvalue weighted by Crippen LogP contribution is -1.99. The van der Waals surface area contributed by atoms with Crippen molar-refractivity contribution < 1.29 is 13.5 Å². The maximum atomic E-state index is 12.4. The second-order valence-electron chi connectivity index (χ2n) is 3.06. The standard InChI is InChI=1S/C10H12ClF2NO/c1-2-3-4-15-9-6-7(10(12)13)5-8(11)14-9/h5-6,10H,2-4H2,1H3. The van der Waals surface area contributed by atoms with Crippen LogP contribution in [0.3, 0.4) is 0 Å². The Labute approximate surface area is 92.2 Å². The Morgan fingerprint density at radius 1 is 1.47 bits per heavy atom. The molecule has 0 unspecified atom stereocenters. The van der Waals surface area contributed by atoms with Crippen LogP contribution >= 0.6 is 11.6 Å². The van der Waals surface area contributed by atoms with E-state index in [1.54, 1.807) is 0 Å². The first-order chi connectivity index (χ1) is 7.13. The Kier molecular flexibility index (Phi) is 4.75. The molecule has 2 nitrogen and oxygen atoms in total. The Balaban J connectivity index is 2.71. The van der Waals surface area contributed by atoms with E-state index in [4.69, 9.17) is 16.3 Å². The number of ether oxygens (including phenoxy) is 1. The number of hydrogen-bond acceptors (Lipinski definition) is 2. The third-order valence-electron chi connectivity index (χ3n) is 1.79. The maximum Gasteiger partial charge on any atom is 0.264 e. The lowest BCUT2D eigenvalue weighted by Gasteiger charge is -2.06. The van der Waals surface area contributed by atoms with Crippen LogP contribution in [0, 0.1) is 0 Å². The summed E-state index contributed by atoms with van der Waals surface area (Å²) >= 11 is 5.58. The Morgan fingerprint density at radius 2 is 2.20 bits per heavy atom. The summed E-state index contributed by atoms with van der Waals surface area (Å²) in [6.07, 6.45) is -0.723.